The number of hydrogen-bond donors (Lipinski definition) is 1. The number of hydrogen-bond acceptors (Lipinski definition) is 4. The highest BCUT2D eigenvalue weighted by atomic mass is 16.3. The molecule has 45 heavy (non-hydrogen) atoms. The van der Waals surface area contributed by atoms with E-state index in [4.69, 9.17) is 14.4 Å². The molecule has 7 aromatic carbocycles. The lowest BCUT2D eigenvalue weighted by Crippen LogP contribution is -2.33. The van der Waals surface area contributed by atoms with Gasteiger partial charge in [0.25, 0.3) is 0 Å². The lowest BCUT2D eigenvalue weighted by Gasteiger charge is -2.24. The SMILES string of the molecule is c1ccc(C2N=C(c3ccc4c(ccc5ccccc54)c3)N=C(c3ccc(-c4cccc5oc6ccccc6c45)cc3)N2)cc1. The largest absolute Gasteiger partial charge is 0.456 e. The zero-order valence-corrected chi connectivity index (χ0v) is 24.3. The smallest absolute Gasteiger partial charge is 0.159 e. The van der Waals surface area contributed by atoms with Crippen molar-refractivity contribution < 1.29 is 4.42 Å². The van der Waals surface area contributed by atoms with Crippen LogP contribution < -0.4 is 5.32 Å². The number of amidine groups is 2. The first kappa shape index (κ1) is 25.5. The van der Waals surface area contributed by atoms with Crippen molar-refractivity contribution >= 4 is 55.2 Å². The molecular weight excluding hydrogens is 550 g/mol. The molecule has 4 nitrogen and oxygen atoms in total. The quantitative estimate of drug-likeness (QED) is 0.212. The van der Waals surface area contributed by atoms with Crippen LogP contribution in [0.2, 0.25) is 0 Å². The first-order valence-electron chi connectivity index (χ1n) is 15.2. The van der Waals surface area contributed by atoms with Crippen LogP contribution in [0, 0.1) is 0 Å². The van der Waals surface area contributed by atoms with E-state index >= 15 is 0 Å². The van der Waals surface area contributed by atoms with E-state index in [0.29, 0.717) is 5.84 Å². The molecule has 0 radical (unpaired) electrons. The molecular formula is C41H27N3O. The van der Waals surface area contributed by atoms with Gasteiger partial charge in [-0.1, -0.05) is 133 Å². The average Bonchev–Trinajstić information content (AvgIpc) is 3.51. The topological polar surface area (TPSA) is 49.9 Å². The predicted molar refractivity (Wildman–Crippen MR) is 186 cm³/mol. The highest BCUT2D eigenvalue weighted by Gasteiger charge is 2.21. The third-order valence-corrected chi connectivity index (χ3v) is 8.73. The van der Waals surface area contributed by atoms with Gasteiger partial charge in [0.1, 0.15) is 23.2 Å². The van der Waals surface area contributed by atoms with Crippen molar-refractivity contribution in [3.05, 3.63) is 168 Å². The Bertz CT molecular complexity index is 2450. The fourth-order valence-corrected chi connectivity index (χ4v) is 6.51. The van der Waals surface area contributed by atoms with Gasteiger partial charge in [0.15, 0.2) is 5.84 Å². The molecule has 9 rings (SSSR count). The van der Waals surface area contributed by atoms with Crippen LogP contribution in [0.5, 0.6) is 0 Å². The molecule has 0 spiro atoms. The van der Waals surface area contributed by atoms with Crippen molar-refractivity contribution in [1.29, 1.82) is 0 Å². The molecule has 1 atom stereocenters. The second-order valence-electron chi connectivity index (χ2n) is 11.4. The second kappa shape index (κ2) is 10.3. The summed E-state index contributed by atoms with van der Waals surface area (Å²) in [6, 6.07) is 52.8. The number of rotatable bonds is 4. The highest BCUT2D eigenvalue weighted by molar-refractivity contribution is 6.16. The lowest BCUT2D eigenvalue weighted by atomic mass is 9.98. The van der Waals surface area contributed by atoms with Crippen LogP contribution in [0.25, 0.3) is 54.6 Å². The third-order valence-electron chi connectivity index (χ3n) is 8.73. The predicted octanol–water partition coefficient (Wildman–Crippen LogP) is 10.1. The average molecular weight is 578 g/mol. The maximum atomic E-state index is 6.15. The van der Waals surface area contributed by atoms with Crippen molar-refractivity contribution in [1.82, 2.24) is 5.32 Å². The summed E-state index contributed by atoms with van der Waals surface area (Å²) in [7, 11) is 0. The maximum absolute atomic E-state index is 6.15. The number of aliphatic imine (C=N–C) groups is 2. The van der Waals surface area contributed by atoms with E-state index in [0.717, 1.165) is 55.6 Å². The van der Waals surface area contributed by atoms with E-state index in [1.165, 1.54) is 21.5 Å². The van der Waals surface area contributed by atoms with E-state index in [9.17, 15) is 0 Å². The Balaban J connectivity index is 1.13. The molecule has 0 saturated heterocycles. The molecule has 1 aromatic heterocycles. The summed E-state index contributed by atoms with van der Waals surface area (Å²) in [6.07, 6.45) is -0.258. The van der Waals surface area contributed by atoms with Gasteiger partial charge in [0.05, 0.1) is 0 Å². The fraction of sp³-hybridized carbons (Fsp3) is 0.0244. The molecule has 4 heteroatoms. The van der Waals surface area contributed by atoms with E-state index in [1.54, 1.807) is 0 Å². The summed E-state index contributed by atoms with van der Waals surface area (Å²) < 4.78 is 6.15. The molecule has 0 aliphatic carbocycles. The molecule has 212 valence electrons. The van der Waals surface area contributed by atoms with Crippen molar-refractivity contribution in [2.75, 3.05) is 0 Å². The van der Waals surface area contributed by atoms with E-state index in [2.05, 4.69) is 121 Å². The number of benzene rings is 7. The molecule has 1 unspecified atom stereocenters. The molecule has 8 aromatic rings. The molecule has 2 heterocycles. The number of nitrogens with zero attached hydrogens (tertiary/aromatic N) is 2. The molecule has 1 aliphatic rings. The van der Waals surface area contributed by atoms with E-state index in [-0.39, 0.29) is 6.17 Å². The minimum absolute atomic E-state index is 0.258. The van der Waals surface area contributed by atoms with Gasteiger partial charge >= 0.3 is 0 Å². The van der Waals surface area contributed by atoms with Crippen LogP contribution in [0.3, 0.4) is 0 Å². The van der Waals surface area contributed by atoms with Crippen molar-refractivity contribution in [3.8, 4) is 11.1 Å². The summed E-state index contributed by atoms with van der Waals surface area (Å²) in [5.41, 5.74) is 7.16. The minimum Gasteiger partial charge on any atom is -0.456 e. The second-order valence-corrected chi connectivity index (χ2v) is 11.4. The number of furan rings is 1. The zero-order chi connectivity index (χ0) is 29.7. The Hall–Kier alpha value is -6.00. The summed E-state index contributed by atoms with van der Waals surface area (Å²) >= 11 is 0. The van der Waals surface area contributed by atoms with Gasteiger partial charge in [0.2, 0.25) is 0 Å². The molecule has 0 saturated carbocycles. The summed E-state index contributed by atoms with van der Waals surface area (Å²) in [5, 5.41) is 10.8. The third kappa shape index (κ3) is 4.38. The van der Waals surface area contributed by atoms with Crippen LogP contribution in [0.4, 0.5) is 0 Å². The number of para-hydroxylation sites is 1. The van der Waals surface area contributed by atoms with Crippen molar-refractivity contribution in [2.24, 2.45) is 9.98 Å². The van der Waals surface area contributed by atoms with Crippen LogP contribution in [-0.4, -0.2) is 11.7 Å². The van der Waals surface area contributed by atoms with Gasteiger partial charge in [0, 0.05) is 21.9 Å². The number of nitrogens with one attached hydrogen (secondary N) is 1. The summed E-state index contributed by atoms with van der Waals surface area (Å²) in [4.78, 5) is 10.2. The van der Waals surface area contributed by atoms with Gasteiger partial charge in [-0.25, -0.2) is 9.98 Å². The first-order chi connectivity index (χ1) is 22.3. The monoisotopic (exact) mass is 577 g/mol. The van der Waals surface area contributed by atoms with Gasteiger partial charge < -0.3 is 9.73 Å². The minimum atomic E-state index is -0.258. The maximum Gasteiger partial charge on any atom is 0.159 e. The van der Waals surface area contributed by atoms with Gasteiger partial charge in [-0.2, -0.15) is 0 Å². The standard InChI is InChI=1S/C41H27N3O/c1-2-10-28(11-3-1)39-42-40(44-41(43-39)31-23-24-33-30(25-31)22-19-26-9-4-5-12-32(26)33)29-20-17-27(18-21-29)34-14-8-16-37-38(34)35-13-6-7-15-36(35)45-37/h1-25,39H,(H,42,43,44). The van der Waals surface area contributed by atoms with Gasteiger partial charge in [-0.3, -0.25) is 0 Å². The Labute approximate surface area is 260 Å². The molecule has 1 N–H and O–H groups in total. The Morgan fingerprint density at radius 2 is 1.20 bits per heavy atom. The molecule has 1 aliphatic heterocycles. The normalized spacial score (nSPS) is 14.9. The highest BCUT2D eigenvalue weighted by Crippen LogP contribution is 2.37. The lowest BCUT2D eigenvalue weighted by molar-refractivity contribution is 0.669. The van der Waals surface area contributed by atoms with Crippen LogP contribution in [0.1, 0.15) is 22.9 Å². The Morgan fingerprint density at radius 3 is 2.09 bits per heavy atom. The molecule has 0 fully saturated rings. The Kier molecular flexibility index (Phi) is 5.85. The van der Waals surface area contributed by atoms with Crippen LogP contribution >= 0.6 is 0 Å². The van der Waals surface area contributed by atoms with Crippen LogP contribution in [0.15, 0.2) is 166 Å². The number of fused-ring (bicyclic) bond motifs is 6. The van der Waals surface area contributed by atoms with Gasteiger partial charge in [-0.15, -0.1) is 0 Å². The fourth-order valence-electron chi connectivity index (χ4n) is 6.51. The van der Waals surface area contributed by atoms with Crippen LogP contribution in [-0.2, 0) is 0 Å². The zero-order valence-electron chi connectivity index (χ0n) is 24.3. The van der Waals surface area contributed by atoms with Crippen molar-refractivity contribution in [3.63, 3.8) is 0 Å². The first-order valence-corrected chi connectivity index (χ1v) is 15.2. The molecule has 0 amide bonds. The Morgan fingerprint density at radius 1 is 0.511 bits per heavy atom. The summed E-state index contributed by atoms with van der Waals surface area (Å²) in [5.74, 6) is 1.51. The van der Waals surface area contributed by atoms with E-state index in [1.807, 2.05) is 36.4 Å². The van der Waals surface area contributed by atoms with Gasteiger partial charge in [-0.05, 0) is 56.4 Å². The van der Waals surface area contributed by atoms with Crippen molar-refractivity contribution in [2.45, 2.75) is 6.17 Å². The summed E-state index contributed by atoms with van der Waals surface area (Å²) in [6.45, 7) is 0. The van der Waals surface area contributed by atoms with E-state index < -0.39 is 0 Å². The molecule has 0 bridgehead atoms.